The molecule has 1 fully saturated rings. The van der Waals surface area contributed by atoms with E-state index >= 15 is 0 Å². The number of carbonyl (C=O) groups excluding carboxylic acids is 1. The molecule has 1 atom stereocenters. The monoisotopic (exact) mass is 392 g/mol. The van der Waals surface area contributed by atoms with Gasteiger partial charge >= 0.3 is 5.97 Å². The zero-order valence-corrected chi connectivity index (χ0v) is 17.0. The summed E-state index contributed by atoms with van der Waals surface area (Å²) < 4.78 is 5.73. The van der Waals surface area contributed by atoms with Crippen molar-refractivity contribution in [2.24, 2.45) is 0 Å². The van der Waals surface area contributed by atoms with Gasteiger partial charge in [-0.1, -0.05) is 54.1 Å². The Balaban J connectivity index is 1.36. The van der Waals surface area contributed by atoms with Crippen molar-refractivity contribution in [3.05, 3.63) is 76.3 Å². The second-order valence-corrected chi connectivity index (χ2v) is 8.25. The van der Waals surface area contributed by atoms with Crippen LogP contribution in [0, 0.1) is 13.8 Å². The summed E-state index contributed by atoms with van der Waals surface area (Å²) in [7, 11) is 0. The maximum absolute atomic E-state index is 12.6. The van der Waals surface area contributed by atoms with Gasteiger partial charge in [0.05, 0.1) is 0 Å². The van der Waals surface area contributed by atoms with Crippen LogP contribution in [0.2, 0.25) is 0 Å². The number of carbonyl (C=O) groups is 1. The van der Waals surface area contributed by atoms with E-state index in [0.717, 1.165) is 36.6 Å². The Hall–Kier alpha value is -2.50. The zero-order chi connectivity index (χ0) is 19.5. The van der Waals surface area contributed by atoms with E-state index in [2.05, 4.69) is 66.2 Å². The lowest BCUT2D eigenvalue weighted by molar-refractivity contribution is 0.0314. The normalized spacial score (nSPS) is 17.0. The summed E-state index contributed by atoms with van der Waals surface area (Å²) in [5.41, 5.74) is 5.15. The van der Waals surface area contributed by atoms with E-state index in [1.54, 1.807) is 5.38 Å². The molecular formula is C23H24N2O2S. The fraction of sp³-hybridized carbons (Fsp3) is 0.304. The van der Waals surface area contributed by atoms with Gasteiger partial charge in [-0.3, -0.25) is 4.90 Å². The van der Waals surface area contributed by atoms with Crippen LogP contribution >= 0.6 is 11.3 Å². The average Bonchev–Trinajstić information content (AvgIpc) is 3.32. The van der Waals surface area contributed by atoms with Crippen LogP contribution in [0.25, 0.3) is 10.6 Å². The lowest BCUT2D eigenvalue weighted by Gasteiger charge is -2.16. The molecule has 0 unspecified atom stereocenters. The van der Waals surface area contributed by atoms with Crippen LogP contribution in [0.5, 0.6) is 0 Å². The smallest absolute Gasteiger partial charge is 0.358 e. The van der Waals surface area contributed by atoms with Crippen LogP contribution in [-0.4, -0.2) is 35.0 Å². The van der Waals surface area contributed by atoms with E-state index in [1.165, 1.54) is 28.0 Å². The topological polar surface area (TPSA) is 42.4 Å². The molecule has 4 rings (SSSR count). The third-order valence-corrected chi connectivity index (χ3v) is 5.95. The SMILES string of the molecule is Cc1ccc(-c2nc(C(=O)O[C@@H]3CCN(Cc4ccccc4)C3)cs2)c(C)c1. The largest absolute Gasteiger partial charge is 0.456 e. The Bertz CT molecular complexity index is 968. The molecule has 2 heterocycles. The number of hydrogen-bond donors (Lipinski definition) is 0. The zero-order valence-electron chi connectivity index (χ0n) is 16.2. The minimum Gasteiger partial charge on any atom is -0.456 e. The van der Waals surface area contributed by atoms with E-state index in [1.807, 2.05) is 6.07 Å². The Morgan fingerprint density at radius 2 is 2.04 bits per heavy atom. The van der Waals surface area contributed by atoms with Crippen molar-refractivity contribution in [3.63, 3.8) is 0 Å². The van der Waals surface area contributed by atoms with Crippen molar-refractivity contribution >= 4 is 17.3 Å². The second-order valence-electron chi connectivity index (χ2n) is 7.39. The molecule has 0 saturated carbocycles. The van der Waals surface area contributed by atoms with Crippen molar-refractivity contribution in [2.75, 3.05) is 13.1 Å². The van der Waals surface area contributed by atoms with Crippen LogP contribution in [0.4, 0.5) is 0 Å². The molecule has 0 radical (unpaired) electrons. The molecule has 2 aromatic carbocycles. The van der Waals surface area contributed by atoms with Gasteiger partial charge in [0.2, 0.25) is 0 Å². The highest BCUT2D eigenvalue weighted by Gasteiger charge is 2.27. The number of aryl methyl sites for hydroxylation is 2. The number of nitrogens with zero attached hydrogens (tertiary/aromatic N) is 2. The first-order valence-corrected chi connectivity index (χ1v) is 10.5. The highest BCUT2D eigenvalue weighted by Crippen LogP contribution is 2.28. The third kappa shape index (κ3) is 4.32. The fourth-order valence-corrected chi connectivity index (χ4v) is 4.51. The summed E-state index contributed by atoms with van der Waals surface area (Å²) in [6.45, 7) is 6.75. The molecule has 0 amide bonds. The molecule has 1 aliphatic heterocycles. The predicted octanol–water partition coefficient (Wildman–Crippen LogP) is 4.86. The molecule has 4 nitrogen and oxygen atoms in total. The molecule has 0 bridgehead atoms. The van der Waals surface area contributed by atoms with E-state index in [4.69, 9.17) is 4.74 Å². The second kappa shape index (κ2) is 8.25. The van der Waals surface area contributed by atoms with Crippen molar-refractivity contribution in [1.29, 1.82) is 0 Å². The van der Waals surface area contributed by atoms with Crippen LogP contribution < -0.4 is 0 Å². The number of likely N-dealkylation sites (tertiary alicyclic amines) is 1. The van der Waals surface area contributed by atoms with Gasteiger partial charge in [0.25, 0.3) is 0 Å². The van der Waals surface area contributed by atoms with Gasteiger partial charge in [-0.15, -0.1) is 11.3 Å². The van der Waals surface area contributed by atoms with Gasteiger partial charge in [-0.25, -0.2) is 9.78 Å². The van der Waals surface area contributed by atoms with Gasteiger partial charge in [0.1, 0.15) is 11.1 Å². The molecule has 0 N–H and O–H groups in total. The number of hydrogen-bond acceptors (Lipinski definition) is 5. The molecule has 144 valence electrons. The first kappa shape index (κ1) is 18.8. The standard InChI is InChI=1S/C23H24N2O2S/c1-16-8-9-20(17(2)12-16)22-24-21(15-28-22)23(26)27-19-10-11-25(14-19)13-18-6-4-3-5-7-18/h3-9,12,15,19H,10-11,13-14H2,1-2H3/t19-/m1/s1. The Morgan fingerprint density at radius 3 is 2.82 bits per heavy atom. The quantitative estimate of drug-likeness (QED) is 0.582. The van der Waals surface area contributed by atoms with Crippen LogP contribution in [0.3, 0.4) is 0 Å². The van der Waals surface area contributed by atoms with Crippen molar-refractivity contribution in [3.8, 4) is 10.6 Å². The van der Waals surface area contributed by atoms with Crippen molar-refractivity contribution in [2.45, 2.75) is 32.9 Å². The van der Waals surface area contributed by atoms with Crippen molar-refractivity contribution in [1.82, 2.24) is 9.88 Å². The highest BCUT2D eigenvalue weighted by molar-refractivity contribution is 7.13. The molecule has 3 aromatic rings. The highest BCUT2D eigenvalue weighted by atomic mass is 32.1. The van der Waals surface area contributed by atoms with Gasteiger partial charge < -0.3 is 4.74 Å². The average molecular weight is 393 g/mol. The van der Waals surface area contributed by atoms with Gasteiger partial charge in [-0.2, -0.15) is 0 Å². The van der Waals surface area contributed by atoms with Gasteiger partial charge in [0.15, 0.2) is 5.69 Å². The number of benzene rings is 2. The minimum absolute atomic E-state index is 0.0672. The van der Waals surface area contributed by atoms with E-state index in [0.29, 0.717) is 5.69 Å². The summed E-state index contributed by atoms with van der Waals surface area (Å²) >= 11 is 1.49. The molecule has 1 aliphatic rings. The first-order valence-electron chi connectivity index (χ1n) is 9.59. The third-order valence-electron chi connectivity index (χ3n) is 5.08. The van der Waals surface area contributed by atoms with Gasteiger partial charge in [0, 0.05) is 30.6 Å². The number of esters is 1. The Labute approximate surface area is 169 Å². The molecule has 5 heteroatoms. The lowest BCUT2D eigenvalue weighted by atomic mass is 10.1. The van der Waals surface area contributed by atoms with Crippen LogP contribution in [0.15, 0.2) is 53.9 Å². The summed E-state index contributed by atoms with van der Waals surface area (Å²) in [6, 6.07) is 16.7. The maximum atomic E-state index is 12.6. The molecule has 1 aromatic heterocycles. The molecule has 28 heavy (non-hydrogen) atoms. The number of rotatable bonds is 5. The van der Waals surface area contributed by atoms with Crippen LogP contribution in [-0.2, 0) is 11.3 Å². The number of aromatic nitrogens is 1. The van der Waals surface area contributed by atoms with Gasteiger partial charge in [-0.05, 0) is 31.4 Å². The van der Waals surface area contributed by atoms with Crippen LogP contribution in [0.1, 0.15) is 33.6 Å². The predicted molar refractivity (Wildman–Crippen MR) is 113 cm³/mol. The summed E-state index contributed by atoms with van der Waals surface area (Å²) in [5.74, 6) is -0.321. The first-order chi connectivity index (χ1) is 13.6. The Morgan fingerprint density at radius 1 is 1.21 bits per heavy atom. The van der Waals surface area contributed by atoms with Crippen molar-refractivity contribution < 1.29 is 9.53 Å². The molecular weight excluding hydrogens is 368 g/mol. The van der Waals surface area contributed by atoms with E-state index in [9.17, 15) is 4.79 Å². The van der Waals surface area contributed by atoms with E-state index in [-0.39, 0.29) is 12.1 Å². The summed E-state index contributed by atoms with van der Waals surface area (Å²) in [5, 5.41) is 2.66. The number of ether oxygens (including phenoxy) is 1. The summed E-state index contributed by atoms with van der Waals surface area (Å²) in [6.07, 6.45) is 0.801. The maximum Gasteiger partial charge on any atom is 0.358 e. The molecule has 1 saturated heterocycles. The number of thiazole rings is 1. The molecule has 0 spiro atoms. The summed E-state index contributed by atoms with van der Waals surface area (Å²) in [4.78, 5) is 19.4. The fourth-order valence-electron chi connectivity index (χ4n) is 3.64. The molecule has 0 aliphatic carbocycles. The minimum atomic E-state index is -0.321. The Kier molecular flexibility index (Phi) is 5.55. The van der Waals surface area contributed by atoms with E-state index < -0.39 is 0 Å². The lowest BCUT2D eigenvalue weighted by Crippen LogP contribution is -2.24.